The lowest BCUT2D eigenvalue weighted by Gasteiger charge is -2.51. The van der Waals surface area contributed by atoms with Crippen molar-refractivity contribution < 1.29 is 9.53 Å². The Labute approximate surface area is 103 Å². The number of hydrogen-bond donors (Lipinski definition) is 0. The summed E-state index contributed by atoms with van der Waals surface area (Å²) in [7, 11) is 1.85. The molecular weight excluding hydrogens is 214 g/mol. The van der Waals surface area contributed by atoms with Crippen LogP contribution in [-0.2, 0) is 9.53 Å². The molecule has 0 amide bonds. The monoisotopic (exact) mass is 233 g/mol. The molecule has 0 heterocycles. The first-order valence-corrected chi connectivity index (χ1v) is 6.17. The van der Waals surface area contributed by atoms with E-state index in [1.807, 2.05) is 7.05 Å². The van der Waals surface area contributed by atoms with Gasteiger partial charge < -0.3 is 4.74 Å². The highest BCUT2D eigenvalue weighted by molar-refractivity contribution is 5.89. The lowest BCUT2D eigenvalue weighted by molar-refractivity contribution is -0.159. The topological polar surface area (TPSA) is 38.7 Å². The minimum absolute atomic E-state index is 0.0136. The molecule has 0 spiro atoms. The van der Waals surface area contributed by atoms with Gasteiger partial charge in [0.2, 0.25) is 0 Å². The molecule has 3 heteroatoms. The van der Waals surface area contributed by atoms with Crippen LogP contribution in [0.25, 0.3) is 0 Å². The lowest BCUT2D eigenvalue weighted by Crippen LogP contribution is -2.51. The van der Waals surface area contributed by atoms with E-state index < -0.39 is 0 Å². The zero-order chi connectivity index (χ0) is 12.5. The molecule has 0 N–H and O–H groups in total. The fourth-order valence-corrected chi connectivity index (χ4v) is 3.36. The minimum atomic E-state index is -0.200. The molecule has 0 aromatic carbocycles. The van der Waals surface area contributed by atoms with Gasteiger partial charge in [-0.2, -0.15) is 0 Å². The lowest BCUT2D eigenvalue weighted by atomic mass is 9.57. The van der Waals surface area contributed by atoms with Crippen molar-refractivity contribution in [2.24, 2.45) is 16.3 Å². The van der Waals surface area contributed by atoms with Crippen molar-refractivity contribution >= 4 is 11.7 Å². The summed E-state index contributed by atoms with van der Waals surface area (Å²) in [5.74, 6) is 3.05. The van der Waals surface area contributed by atoms with Crippen molar-refractivity contribution in [1.29, 1.82) is 0 Å². The van der Waals surface area contributed by atoms with Crippen LogP contribution >= 0.6 is 0 Å². The SMILES string of the molecule is C#CCC12CCC(CC1OC(C)=O)C(=NC)C2. The van der Waals surface area contributed by atoms with E-state index in [-0.39, 0.29) is 17.5 Å². The first-order chi connectivity index (χ1) is 8.11. The van der Waals surface area contributed by atoms with E-state index in [0.717, 1.165) is 25.7 Å². The van der Waals surface area contributed by atoms with E-state index in [1.165, 1.54) is 12.6 Å². The van der Waals surface area contributed by atoms with Gasteiger partial charge in [0.15, 0.2) is 0 Å². The molecule has 3 unspecified atom stereocenters. The molecule has 3 aliphatic carbocycles. The molecule has 3 atom stereocenters. The molecule has 0 aromatic heterocycles. The maximum absolute atomic E-state index is 11.2. The third-order valence-electron chi connectivity index (χ3n) is 4.23. The summed E-state index contributed by atoms with van der Waals surface area (Å²) in [5.41, 5.74) is 1.21. The van der Waals surface area contributed by atoms with E-state index in [9.17, 15) is 4.79 Å². The van der Waals surface area contributed by atoms with Crippen molar-refractivity contribution in [1.82, 2.24) is 0 Å². The van der Waals surface area contributed by atoms with Crippen LogP contribution in [0.5, 0.6) is 0 Å². The molecule has 3 nitrogen and oxygen atoms in total. The highest BCUT2D eigenvalue weighted by atomic mass is 16.5. The molecule has 0 aromatic rings. The van der Waals surface area contributed by atoms with Gasteiger partial charge in [0.05, 0.1) is 0 Å². The Bertz CT molecular complexity index is 394. The van der Waals surface area contributed by atoms with Crippen LogP contribution in [0.15, 0.2) is 4.99 Å². The average molecular weight is 233 g/mol. The molecule has 2 bridgehead atoms. The van der Waals surface area contributed by atoms with Crippen molar-refractivity contribution in [2.45, 2.75) is 45.1 Å². The number of nitrogens with zero attached hydrogens (tertiary/aromatic N) is 1. The quantitative estimate of drug-likeness (QED) is 0.542. The minimum Gasteiger partial charge on any atom is -0.462 e. The molecule has 3 aliphatic rings. The number of carbonyl (C=O) groups excluding carboxylic acids is 1. The predicted molar refractivity (Wildman–Crippen MR) is 66.8 cm³/mol. The van der Waals surface area contributed by atoms with Gasteiger partial charge in [-0.1, -0.05) is 0 Å². The van der Waals surface area contributed by atoms with Crippen molar-refractivity contribution in [3.05, 3.63) is 0 Å². The summed E-state index contributed by atoms with van der Waals surface area (Å²) in [6.07, 6.45) is 10.1. The van der Waals surface area contributed by atoms with Crippen LogP contribution in [0.2, 0.25) is 0 Å². The fourth-order valence-electron chi connectivity index (χ4n) is 3.36. The number of terminal acetylenes is 1. The maximum Gasteiger partial charge on any atom is 0.302 e. The highest BCUT2D eigenvalue weighted by Crippen LogP contribution is 2.52. The number of carbonyl (C=O) groups is 1. The van der Waals surface area contributed by atoms with Crippen molar-refractivity contribution in [2.75, 3.05) is 7.05 Å². The zero-order valence-electron chi connectivity index (χ0n) is 10.5. The zero-order valence-corrected chi connectivity index (χ0v) is 10.5. The van der Waals surface area contributed by atoms with Gasteiger partial charge in [-0.3, -0.25) is 9.79 Å². The molecule has 17 heavy (non-hydrogen) atoms. The first kappa shape index (κ1) is 12.2. The third kappa shape index (κ3) is 2.09. The Morgan fingerprint density at radius 3 is 3.06 bits per heavy atom. The second-order valence-electron chi connectivity index (χ2n) is 5.20. The van der Waals surface area contributed by atoms with Crippen LogP contribution in [0.1, 0.15) is 39.0 Å². The molecule has 3 fully saturated rings. The molecular formula is C14H19NO2. The smallest absolute Gasteiger partial charge is 0.302 e. The predicted octanol–water partition coefficient (Wildman–Crippen LogP) is 2.20. The largest absolute Gasteiger partial charge is 0.462 e. The number of aliphatic imine (C=N–C) groups is 1. The van der Waals surface area contributed by atoms with Gasteiger partial charge >= 0.3 is 5.97 Å². The summed E-state index contributed by atoms with van der Waals surface area (Å²) in [6.45, 7) is 1.47. The Kier molecular flexibility index (Phi) is 3.24. The number of ether oxygens (including phenoxy) is 1. The fraction of sp³-hybridized carbons (Fsp3) is 0.714. The second-order valence-corrected chi connectivity index (χ2v) is 5.20. The van der Waals surface area contributed by atoms with Gasteiger partial charge in [0, 0.05) is 37.4 Å². The number of hydrogen-bond acceptors (Lipinski definition) is 3. The van der Waals surface area contributed by atoms with Crippen LogP contribution in [0.4, 0.5) is 0 Å². The van der Waals surface area contributed by atoms with E-state index in [4.69, 9.17) is 11.2 Å². The molecule has 0 aliphatic heterocycles. The average Bonchev–Trinajstić information content (AvgIpc) is 2.30. The van der Waals surface area contributed by atoms with Gasteiger partial charge in [0.25, 0.3) is 0 Å². The van der Waals surface area contributed by atoms with Crippen LogP contribution in [-0.4, -0.2) is 24.8 Å². The maximum atomic E-state index is 11.2. The van der Waals surface area contributed by atoms with Crippen molar-refractivity contribution in [3.63, 3.8) is 0 Å². The standard InChI is InChI=1S/C14H19NO2/c1-4-6-14-7-5-11(12(9-14)15-3)8-13(14)17-10(2)16/h1,11,13H,5-9H2,2-3H3. The number of rotatable bonds is 2. The van der Waals surface area contributed by atoms with Crippen molar-refractivity contribution in [3.8, 4) is 12.3 Å². The summed E-state index contributed by atoms with van der Waals surface area (Å²) < 4.78 is 5.48. The van der Waals surface area contributed by atoms with Crippen LogP contribution in [0.3, 0.4) is 0 Å². The third-order valence-corrected chi connectivity index (χ3v) is 4.23. The molecule has 3 rings (SSSR count). The number of fused-ring (bicyclic) bond motifs is 3. The van der Waals surface area contributed by atoms with Gasteiger partial charge in [0.1, 0.15) is 6.10 Å². The van der Waals surface area contributed by atoms with E-state index >= 15 is 0 Å². The Morgan fingerprint density at radius 2 is 2.47 bits per heavy atom. The molecule has 3 saturated carbocycles. The molecule has 0 saturated heterocycles. The summed E-state index contributed by atoms with van der Waals surface area (Å²) in [4.78, 5) is 15.6. The van der Waals surface area contributed by atoms with Gasteiger partial charge in [-0.05, 0) is 25.7 Å². The second kappa shape index (κ2) is 4.52. The normalized spacial score (nSPS) is 37.8. The summed E-state index contributed by atoms with van der Waals surface area (Å²) >= 11 is 0. The molecule has 0 radical (unpaired) electrons. The Hall–Kier alpha value is -1.30. The summed E-state index contributed by atoms with van der Waals surface area (Å²) in [5, 5.41) is 0. The van der Waals surface area contributed by atoms with Gasteiger partial charge in [-0.25, -0.2) is 0 Å². The number of esters is 1. The Morgan fingerprint density at radius 1 is 1.71 bits per heavy atom. The molecule has 92 valence electrons. The van der Waals surface area contributed by atoms with E-state index in [1.54, 1.807) is 0 Å². The van der Waals surface area contributed by atoms with E-state index in [0.29, 0.717) is 12.3 Å². The highest BCUT2D eigenvalue weighted by Gasteiger charge is 2.51. The Balaban J connectivity index is 2.25. The van der Waals surface area contributed by atoms with Gasteiger partial charge in [-0.15, -0.1) is 12.3 Å². The van der Waals surface area contributed by atoms with Crippen LogP contribution < -0.4 is 0 Å². The first-order valence-electron chi connectivity index (χ1n) is 6.17. The summed E-state index contributed by atoms with van der Waals surface area (Å²) in [6, 6.07) is 0. The van der Waals surface area contributed by atoms with Crippen LogP contribution in [0, 0.1) is 23.7 Å². The van der Waals surface area contributed by atoms with E-state index in [2.05, 4.69) is 10.9 Å².